The number of piperazine rings is 1. The first kappa shape index (κ1) is 11.7. The lowest BCUT2D eigenvalue weighted by Crippen LogP contribution is -2.50. The van der Waals surface area contributed by atoms with Crippen LogP contribution in [0.25, 0.3) is 0 Å². The van der Waals surface area contributed by atoms with Crippen molar-refractivity contribution in [1.82, 2.24) is 15.3 Å². The molecule has 1 saturated heterocycles. The van der Waals surface area contributed by atoms with Gasteiger partial charge in [0.05, 0.1) is 5.69 Å². The van der Waals surface area contributed by atoms with Gasteiger partial charge in [-0.1, -0.05) is 0 Å². The second-order valence-electron chi connectivity index (χ2n) is 5.34. The molecule has 98 valence electrons. The number of aromatic nitrogens is 2. The van der Waals surface area contributed by atoms with Crippen molar-refractivity contribution in [1.29, 1.82) is 0 Å². The van der Waals surface area contributed by atoms with Crippen molar-refractivity contribution in [2.24, 2.45) is 0 Å². The molecule has 0 saturated carbocycles. The second-order valence-corrected chi connectivity index (χ2v) is 5.34. The third-order valence-electron chi connectivity index (χ3n) is 3.85. The second kappa shape index (κ2) is 4.72. The summed E-state index contributed by atoms with van der Waals surface area (Å²) >= 11 is 0. The van der Waals surface area contributed by atoms with Gasteiger partial charge in [0, 0.05) is 31.2 Å². The van der Waals surface area contributed by atoms with E-state index >= 15 is 0 Å². The highest BCUT2D eigenvalue weighted by Crippen LogP contribution is 2.29. The van der Waals surface area contributed by atoms with Crippen LogP contribution in [0.2, 0.25) is 0 Å². The summed E-state index contributed by atoms with van der Waals surface area (Å²) in [7, 11) is 0. The lowest BCUT2D eigenvalue weighted by Gasteiger charge is -2.35. The van der Waals surface area contributed by atoms with Crippen LogP contribution < -0.4 is 16.0 Å². The molecule has 0 unspecified atom stereocenters. The summed E-state index contributed by atoms with van der Waals surface area (Å²) in [5.41, 5.74) is 8.37. The van der Waals surface area contributed by atoms with E-state index in [1.807, 2.05) is 0 Å². The molecule has 1 aromatic heterocycles. The van der Waals surface area contributed by atoms with Crippen LogP contribution in [0.5, 0.6) is 0 Å². The van der Waals surface area contributed by atoms with Gasteiger partial charge >= 0.3 is 0 Å². The average molecular weight is 247 g/mol. The smallest absolute Gasteiger partial charge is 0.222 e. The minimum Gasteiger partial charge on any atom is -0.368 e. The number of fused-ring (bicyclic) bond motifs is 1. The summed E-state index contributed by atoms with van der Waals surface area (Å²) in [6.07, 6.45) is 4.62. The van der Waals surface area contributed by atoms with E-state index in [9.17, 15) is 0 Å². The van der Waals surface area contributed by atoms with Crippen LogP contribution in [0.4, 0.5) is 11.8 Å². The molecule has 1 atom stereocenters. The Labute approximate surface area is 108 Å². The molecule has 2 aliphatic rings. The normalized spacial score (nSPS) is 23.8. The van der Waals surface area contributed by atoms with Crippen molar-refractivity contribution in [3.05, 3.63) is 11.3 Å². The molecular formula is C13H21N5. The molecule has 5 nitrogen and oxygen atoms in total. The molecule has 0 bridgehead atoms. The number of hydrogen-bond donors (Lipinski definition) is 2. The van der Waals surface area contributed by atoms with Crippen molar-refractivity contribution >= 4 is 11.8 Å². The fraction of sp³-hybridized carbons (Fsp3) is 0.692. The Hall–Kier alpha value is -1.36. The SMILES string of the molecule is C[C@H]1CN(c2nc(N)nc3c2CCCC3)CCN1. The molecule has 0 amide bonds. The highest BCUT2D eigenvalue weighted by molar-refractivity contribution is 5.53. The fourth-order valence-corrected chi connectivity index (χ4v) is 2.98. The zero-order chi connectivity index (χ0) is 12.5. The third kappa shape index (κ3) is 2.14. The van der Waals surface area contributed by atoms with Gasteiger partial charge in [0.25, 0.3) is 0 Å². The Kier molecular flexibility index (Phi) is 3.07. The Morgan fingerprint density at radius 1 is 1.28 bits per heavy atom. The van der Waals surface area contributed by atoms with Crippen LogP contribution in [-0.2, 0) is 12.8 Å². The van der Waals surface area contributed by atoms with Crippen LogP contribution in [-0.4, -0.2) is 35.6 Å². The maximum atomic E-state index is 5.86. The Morgan fingerprint density at radius 3 is 2.94 bits per heavy atom. The third-order valence-corrected chi connectivity index (χ3v) is 3.85. The summed E-state index contributed by atoms with van der Waals surface area (Å²) in [6.45, 7) is 5.24. The standard InChI is InChI=1S/C13H21N5/c1-9-8-18(7-6-15-9)12-10-4-2-3-5-11(10)16-13(14)17-12/h9,15H,2-8H2,1H3,(H2,14,16,17)/t9-/m0/s1. The zero-order valence-electron chi connectivity index (χ0n) is 10.9. The van der Waals surface area contributed by atoms with Crippen LogP contribution in [0, 0.1) is 0 Å². The summed E-state index contributed by atoms with van der Waals surface area (Å²) < 4.78 is 0. The van der Waals surface area contributed by atoms with E-state index in [0.29, 0.717) is 12.0 Å². The van der Waals surface area contributed by atoms with Gasteiger partial charge in [-0.25, -0.2) is 4.98 Å². The molecule has 2 heterocycles. The summed E-state index contributed by atoms with van der Waals surface area (Å²) in [5, 5.41) is 3.46. The molecular weight excluding hydrogens is 226 g/mol. The maximum absolute atomic E-state index is 5.86. The van der Waals surface area contributed by atoms with E-state index in [1.165, 1.54) is 24.1 Å². The molecule has 1 aromatic rings. The molecule has 5 heteroatoms. The van der Waals surface area contributed by atoms with Crippen molar-refractivity contribution in [2.75, 3.05) is 30.3 Å². The number of nitrogen functional groups attached to an aromatic ring is 1. The van der Waals surface area contributed by atoms with Gasteiger partial charge < -0.3 is 16.0 Å². The van der Waals surface area contributed by atoms with Crippen molar-refractivity contribution < 1.29 is 0 Å². The molecule has 3 rings (SSSR count). The molecule has 0 spiro atoms. The summed E-state index contributed by atoms with van der Waals surface area (Å²) in [4.78, 5) is 11.3. The van der Waals surface area contributed by atoms with Crippen LogP contribution in [0.15, 0.2) is 0 Å². The first-order valence-electron chi connectivity index (χ1n) is 6.87. The highest BCUT2D eigenvalue weighted by atomic mass is 15.3. The molecule has 0 radical (unpaired) electrons. The van der Waals surface area contributed by atoms with Gasteiger partial charge in [-0.2, -0.15) is 4.98 Å². The van der Waals surface area contributed by atoms with Crippen LogP contribution in [0.3, 0.4) is 0 Å². The number of nitrogens with two attached hydrogens (primary N) is 1. The van der Waals surface area contributed by atoms with Crippen LogP contribution in [0.1, 0.15) is 31.0 Å². The first-order valence-corrected chi connectivity index (χ1v) is 6.87. The van der Waals surface area contributed by atoms with Gasteiger partial charge in [0.1, 0.15) is 5.82 Å². The lowest BCUT2D eigenvalue weighted by atomic mass is 9.96. The van der Waals surface area contributed by atoms with Gasteiger partial charge in [-0.05, 0) is 32.6 Å². The zero-order valence-corrected chi connectivity index (χ0v) is 10.9. The maximum Gasteiger partial charge on any atom is 0.222 e. The Bertz CT molecular complexity index is 445. The topological polar surface area (TPSA) is 67.1 Å². The molecule has 0 aromatic carbocycles. The van der Waals surface area contributed by atoms with Crippen LogP contribution >= 0.6 is 0 Å². The van der Waals surface area contributed by atoms with E-state index in [2.05, 4.69) is 27.1 Å². The number of aryl methyl sites for hydroxylation is 1. The minimum atomic E-state index is 0.428. The van der Waals surface area contributed by atoms with E-state index in [4.69, 9.17) is 5.73 Å². The minimum absolute atomic E-state index is 0.428. The van der Waals surface area contributed by atoms with Crippen molar-refractivity contribution in [3.63, 3.8) is 0 Å². The Balaban J connectivity index is 1.97. The number of anilines is 2. The molecule has 18 heavy (non-hydrogen) atoms. The van der Waals surface area contributed by atoms with Gasteiger partial charge in [-0.3, -0.25) is 0 Å². The first-order chi connectivity index (χ1) is 8.74. The van der Waals surface area contributed by atoms with Crippen molar-refractivity contribution in [2.45, 2.75) is 38.6 Å². The molecule has 1 aliphatic carbocycles. The molecule has 1 aliphatic heterocycles. The van der Waals surface area contributed by atoms with E-state index in [1.54, 1.807) is 0 Å². The molecule has 3 N–H and O–H groups in total. The van der Waals surface area contributed by atoms with Gasteiger partial charge in [0.15, 0.2) is 0 Å². The predicted octanol–water partition coefficient (Wildman–Crippen LogP) is 0.736. The fourth-order valence-electron chi connectivity index (χ4n) is 2.98. The summed E-state index contributed by atoms with van der Waals surface area (Å²) in [5.74, 6) is 1.52. The average Bonchev–Trinajstić information content (AvgIpc) is 2.37. The molecule has 1 fully saturated rings. The number of nitrogens with zero attached hydrogens (tertiary/aromatic N) is 3. The lowest BCUT2D eigenvalue weighted by molar-refractivity contribution is 0.480. The summed E-state index contributed by atoms with van der Waals surface area (Å²) in [6, 6.07) is 0.509. The number of nitrogens with one attached hydrogen (secondary N) is 1. The van der Waals surface area contributed by atoms with Crippen molar-refractivity contribution in [3.8, 4) is 0 Å². The number of hydrogen-bond acceptors (Lipinski definition) is 5. The van der Waals surface area contributed by atoms with E-state index in [-0.39, 0.29) is 0 Å². The Morgan fingerprint density at radius 2 is 2.11 bits per heavy atom. The largest absolute Gasteiger partial charge is 0.368 e. The predicted molar refractivity (Wildman–Crippen MR) is 72.8 cm³/mol. The quantitative estimate of drug-likeness (QED) is 0.766. The highest BCUT2D eigenvalue weighted by Gasteiger charge is 2.24. The van der Waals surface area contributed by atoms with E-state index in [0.717, 1.165) is 38.3 Å². The monoisotopic (exact) mass is 247 g/mol. The van der Waals surface area contributed by atoms with Gasteiger partial charge in [-0.15, -0.1) is 0 Å². The number of rotatable bonds is 1. The van der Waals surface area contributed by atoms with Gasteiger partial charge in [0.2, 0.25) is 5.95 Å². The van der Waals surface area contributed by atoms with E-state index < -0.39 is 0 Å².